The molecule has 0 aromatic rings. The van der Waals surface area contributed by atoms with E-state index in [-0.39, 0.29) is 39.3 Å². The third-order valence-corrected chi connectivity index (χ3v) is 13.9. The predicted molar refractivity (Wildman–Crippen MR) is 134 cm³/mol. The van der Waals surface area contributed by atoms with E-state index in [2.05, 4.69) is 41.5 Å². The van der Waals surface area contributed by atoms with E-state index < -0.39 is 5.60 Å². The van der Waals surface area contributed by atoms with Crippen LogP contribution in [0.2, 0.25) is 0 Å². The van der Waals surface area contributed by atoms with Crippen LogP contribution in [0.3, 0.4) is 0 Å². The number of fused-ring (bicyclic) bond motifs is 7. The van der Waals surface area contributed by atoms with Crippen molar-refractivity contribution in [2.45, 2.75) is 131 Å². The second kappa shape index (κ2) is 7.00. The van der Waals surface area contributed by atoms with Crippen LogP contribution in [-0.4, -0.2) is 33.1 Å². The van der Waals surface area contributed by atoms with Gasteiger partial charge in [-0.05, 0) is 123 Å². The van der Waals surface area contributed by atoms with Crippen LogP contribution in [0.1, 0.15) is 113 Å². The van der Waals surface area contributed by atoms with Crippen molar-refractivity contribution in [2.24, 2.45) is 56.7 Å². The minimum atomic E-state index is -0.670. The molecule has 5 aliphatic rings. The van der Waals surface area contributed by atoms with Gasteiger partial charge >= 0.3 is 0 Å². The van der Waals surface area contributed by atoms with Crippen LogP contribution in [0.4, 0.5) is 0 Å². The second-order valence-corrected chi connectivity index (χ2v) is 15.5. The number of rotatable bonds is 1. The van der Waals surface area contributed by atoms with Crippen LogP contribution in [0, 0.1) is 56.7 Å². The van der Waals surface area contributed by atoms with Gasteiger partial charge in [0.25, 0.3) is 0 Å². The average molecular weight is 461 g/mol. The summed E-state index contributed by atoms with van der Waals surface area (Å²) in [6.07, 6.45) is 9.52. The highest BCUT2D eigenvalue weighted by Gasteiger charge is 2.73. The van der Waals surface area contributed by atoms with E-state index in [1.807, 2.05) is 13.8 Å². The molecule has 3 N–H and O–H groups in total. The van der Waals surface area contributed by atoms with Crippen LogP contribution in [0.25, 0.3) is 0 Å². The summed E-state index contributed by atoms with van der Waals surface area (Å²) in [7, 11) is 0. The van der Waals surface area contributed by atoms with Crippen molar-refractivity contribution in [3.63, 3.8) is 0 Å². The molecular formula is C30H52O3. The second-order valence-electron chi connectivity index (χ2n) is 15.5. The largest absolute Gasteiger partial charge is 0.393 e. The van der Waals surface area contributed by atoms with Crippen molar-refractivity contribution >= 4 is 0 Å². The number of hydrogen-bond donors (Lipinski definition) is 3. The molecule has 0 spiro atoms. The Balaban J connectivity index is 1.55. The minimum Gasteiger partial charge on any atom is -0.393 e. The molecule has 0 radical (unpaired) electrons. The molecule has 5 fully saturated rings. The first-order valence-electron chi connectivity index (χ1n) is 14.1. The Bertz CT molecular complexity index is 799. The highest BCUT2D eigenvalue weighted by molar-refractivity contribution is 5.22. The number of aliphatic hydroxyl groups is 3. The molecule has 3 nitrogen and oxygen atoms in total. The van der Waals surface area contributed by atoms with E-state index in [9.17, 15) is 15.3 Å². The lowest BCUT2D eigenvalue weighted by molar-refractivity contribution is -0.281. The van der Waals surface area contributed by atoms with Gasteiger partial charge in [0, 0.05) is 5.41 Å². The maximum absolute atomic E-state index is 12.0. The summed E-state index contributed by atoms with van der Waals surface area (Å²) in [4.78, 5) is 0. The Hall–Kier alpha value is -0.120. The van der Waals surface area contributed by atoms with Gasteiger partial charge in [-0.3, -0.25) is 0 Å². The van der Waals surface area contributed by atoms with E-state index in [4.69, 9.17) is 0 Å². The summed E-state index contributed by atoms with van der Waals surface area (Å²) in [5.74, 6) is 2.40. The van der Waals surface area contributed by atoms with Gasteiger partial charge in [-0.1, -0.05) is 41.5 Å². The fraction of sp³-hybridized carbons (Fsp3) is 1.00. The summed E-state index contributed by atoms with van der Waals surface area (Å²) < 4.78 is 0. The fourth-order valence-electron chi connectivity index (χ4n) is 12.0. The summed E-state index contributed by atoms with van der Waals surface area (Å²) >= 11 is 0. The molecule has 0 amide bonds. The molecule has 0 aromatic heterocycles. The van der Waals surface area contributed by atoms with E-state index in [1.54, 1.807) is 0 Å². The van der Waals surface area contributed by atoms with Crippen molar-refractivity contribution in [3.8, 4) is 0 Å². The van der Waals surface area contributed by atoms with Crippen LogP contribution < -0.4 is 0 Å². The predicted octanol–water partition coefficient (Wildman–Crippen LogP) is 6.19. The van der Waals surface area contributed by atoms with E-state index in [0.29, 0.717) is 29.6 Å². The molecule has 5 saturated carbocycles. The SMILES string of the molecule is CC(C)(O)[C@H]1CC[C@@]2(C)C1C[C@H](O)[C@]1(C)C2CCC2[C@@]3(C)CC[C@H](O)C(C)(C)C3CC[C@]21C. The monoisotopic (exact) mass is 460 g/mol. The van der Waals surface area contributed by atoms with Crippen LogP contribution in [-0.2, 0) is 0 Å². The third kappa shape index (κ3) is 2.85. The Kier molecular flexibility index (Phi) is 5.21. The molecular weight excluding hydrogens is 408 g/mol. The van der Waals surface area contributed by atoms with Crippen molar-refractivity contribution in [1.29, 1.82) is 0 Å². The van der Waals surface area contributed by atoms with Gasteiger partial charge in [-0.15, -0.1) is 0 Å². The molecule has 0 bridgehead atoms. The van der Waals surface area contributed by atoms with E-state index in [1.165, 1.54) is 32.1 Å². The summed E-state index contributed by atoms with van der Waals surface area (Å²) in [6, 6.07) is 0. The summed E-state index contributed by atoms with van der Waals surface area (Å²) in [5, 5.41) is 33.9. The molecule has 3 heteroatoms. The molecule has 4 unspecified atom stereocenters. The van der Waals surface area contributed by atoms with Crippen molar-refractivity contribution in [1.82, 2.24) is 0 Å². The Morgan fingerprint density at radius 3 is 1.91 bits per heavy atom. The molecule has 0 saturated heterocycles. The molecule has 5 aliphatic carbocycles. The van der Waals surface area contributed by atoms with Gasteiger partial charge in [0.15, 0.2) is 0 Å². The van der Waals surface area contributed by atoms with Gasteiger partial charge in [-0.25, -0.2) is 0 Å². The highest BCUT2D eigenvalue weighted by atomic mass is 16.3. The first-order valence-corrected chi connectivity index (χ1v) is 14.1. The molecule has 0 aliphatic heterocycles. The average Bonchev–Trinajstić information content (AvgIpc) is 3.04. The Morgan fingerprint density at radius 2 is 1.27 bits per heavy atom. The smallest absolute Gasteiger partial charge is 0.0622 e. The maximum atomic E-state index is 12.0. The molecule has 0 aromatic carbocycles. The zero-order valence-corrected chi connectivity index (χ0v) is 22.7. The van der Waals surface area contributed by atoms with E-state index in [0.717, 1.165) is 25.7 Å². The molecule has 33 heavy (non-hydrogen) atoms. The Morgan fingerprint density at radius 1 is 0.667 bits per heavy atom. The first kappa shape index (κ1) is 24.6. The molecule has 0 heterocycles. The van der Waals surface area contributed by atoms with Crippen LogP contribution in [0.5, 0.6) is 0 Å². The minimum absolute atomic E-state index is 0.0281. The summed E-state index contributed by atoms with van der Waals surface area (Å²) in [5.41, 5.74) is -0.195. The lowest BCUT2D eigenvalue weighted by Crippen LogP contribution is -2.70. The molecule has 11 atom stereocenters. The number of hydrogen-bond acceptors (Lipinski definition) is 3. The van der Waals surface area contributed by atoms with E-state index >= 15 is 0 Å². The summed E-state index contributed by atoms with van der Waals surface area (Å²) in [6.45, 7) is 18.7. The third-order valence-electron chi connectivity index (χ3n) is 13.9. The lowest BCUT2D eigenvalue weighted by Gasteiger charge is -2.74. The topological polar surface area (TPSA) is 60.7 Å². The van der Waals surface area contributed by atoms with Crippen LogP contribution in [0.15, 0.2) is 0 Å². The Labute approximate surface area is 203 Å². The van der Waals surface area contributed by atoms with Crippen LogP contribution >= 0.6 is 0 Å². The highest BCUT2D eigenvalue weighted by Crippen LogP contribution is 2.78. The lowest BCUT2D eigenvalue weighted by atomic mass is 9.31. The zero-order valence-electron chi connectivity index (χ0n) is 22.7. The first-order chi connectivity index (χ1) is 15.0. The van der Waals surface area contributed by atoms with Gasteiger partial charge < -0.3 is 15.3 Å². The molecule has 190 valence electrons. The zero-order chi connectivity index (χ0) is 24.4. The normalized spacial score (nSPS) is 58.1. The van der Waals surface area contributed by atoms with Gasteiger partial charge in [0.1, 0.15) is 0 Å². The van der Waals surface area contributed by atoms with Gasteiger partial charge in [0.05, 0.1) is 17.8 Å². The maximum Gasteiger partial charge on any atom is 0.0622 e. The van der Waals surface area contributed by atoms with Gasteiger partial charge in [0.2, 0.25) is 0 Å². The van der Waals surface area contributed by atoms with Crippen molar-refractivity contribution in [3.05, 3.63) is 0 Å². The van der Waals surface area contributed by atoms with Crippen molar-refractivity contribution < 1.29 is 15.3 Å². The quantitative estimate of drug-likeness (QED) is 0.437. The fourth-order valence-corrected chi connectivity index (χ4v) is 12.0. The van der Waals surface area contributed by atoms with Gasteiger partial charge in [-0.2, -0.15) is 0 Å². The molecule has 5 rings (SSSR count). The number of aliphatic hydroxyl groups excluding tert-OH is 2. The van der Waals surface area contributed by atoms with Crippen molar-refractivity contribution in [2.75, 3.05) is 0 Å². The standard InChI is InChI=1S/C30H52O3/c1-25(2)20-12-16-29(7)21(28(20,6)15-13-23(25)31)9-10-22-27(5)14-11-18(26(3,4)33)19(27)17-24(32)30(22,29)8/h18-24,31-33H,9-17H2,1-8H3/t18-,19?,20?,21?,22?,23-,24-,27-,28-,29+,30-/m0/s1.